The number of carbonyl (C=O) groups is 2. The maximum atomic E-state index is 12.4. The first-order valence-corrected chi connectivity index (χ1v) is 10.1. The predicted molar refractivity (Wildman–Crippen MR) is 94.6 cm³/mol. The Morgan fingerprint density at radius 1 is 1.27 bits per heavy atom. The average Bonchev–Trinajstić information content (AvgIpc) is 2.56. The molecule has 1 aliphatic rings. The summed E-state index contributed by atoms with van der Waals surface area (Å²) < 4.78 is 21.9. The molecule has 1 aliphatic heterocycles. The minimum absolute atomic E-state index is 0.0342. The maximum Gasteiger partial charge on any atom is 0.314 e. The highest BCUT2D eigenvalue weighted by molar-refractivity contribution is 7.89. The summed E-state index contributed by atoms with van der Waals surface area (Å²) in [4.78, 5) is 25.8. The Morgan fingerprint density at radius 3 is 2.50 bits per heavy atom. The number of aliphatic hydroxyl groups is 1. The number of nitrogens with two attached hydrogens (primary N) is 1. The molecule has 4 N–H and O–H groups in total. The van der Waals surface area contributed by atoms with Gasteiger partial charge in [-0.15, -0.1) is 0 Å². The number of carbonyl (C=O) groups excluding carboxylic acids is 1. The molecule has 0 aromatic heterocycles. The van der Waals surface area contributed by atoms with Crippen LogP contribution in [-0.2, 0) is 26.0 Å². The van der Waals surface area contributed by atoms with E-state index < -0.39 is 27.5 Å². The van der Waals surface area contributed by atoms with Crippen LogP contribution >= 0.6 is 0 Å². The molecular formula is C17H24N2O6S. The van der Waals surface area contributed by atoms with Gasteiger partial charge in [-0.25, -0.2) is 13.6 Å². The van der Waals surface area contributed by atoms with Gasteiger partial charge >= 0.3 is 5.97 Å². The third-order valence-corrected chi connectivity index (χ3v) is 5.60. The fourth-order valence-corrected chi connectivity index (χ4v) is 3.84. The monoisotopic (exact) mass is 384 g/mol. The minimum atomic E-state index is -3.64. The summed E-state index contributed by atoms with van der Waals surface area (Å²) in [7, 11) is -3.64. The Hall–Kier alpha value is -1.97. The number of aliphatic carboxylic acids is 1. The molecular weight excluding hydrogens is 360 g/mol. The smallest absolute Gasteiger partial charge is 0.314 e. The first-order chi connectivity index (χ1) is 12.1. The van der Waals surface area contributed by atoms with E-state index >= 15 is 0 Å². The number of amides is 1. The minimum Gasteiger partial charge on any atom is -0.481 e. The summed E-state index contributed by atoms with van der Waals surface area (Å²) in [5, 5.41) is 25.2. The highest BCUT2D eigenvalue weighted by Crippen LogP contribution is 2.35. The number of hydrogen-bond donors (Lipinski definition) is 3. The third-order valence-electron chi connectivity index (χ3n) is 4.74. The van der Waals surface area contributed by atoms with Gasteiger partial charge in [0.15, 0.2) is 0 Å². The second kappa shape index (κ2) is 8.15. The second-order valence-electron chi connectivity index (χ2n) is 6.71. The number of carboxylic acid groups (broad SMARTS) is 1. The lowest BCUT2D eigenvalue weighted by molar-refractivity contribution is -0.165. The summed E-state index contributed by atoms with van der Waals surface area (Å²) in [5.41, 5.74) is -0.729. The maximum absolute atomic E-state index is 12.4. The van der Waals surface area contributed by atoms with E-state index in [1.807, 2.05) is 6.07 Å². The molecule has 1 amide bonds. The zero-order valence-electron chi connectivity index (χ0n) is 14.4. The van der Waals surface area contributed by atoms with Gasteiger partial charge in [0.05, 0.1) is 11.9 Å². The van der Waals surface area contributed by atoms with Crippen molar-refractivity contribution in [1.82, 2.24) is 4.90 Å². The second-order valence-corrected chi connectivity index (χ2v) is 8.45. The number of primary sulfonamides is 1. The van der Waals surface area contributed by atoms with Gasteiger partial charge in [-0.1, -0.05) is 30.3 Å². The van der Waals surface area contributed by atoms with Crippen molar-refractivity contribution in [3.8, 4) is 0 Å². The van der Waals surface area contributed by atoms with Crippen molar-refractivity contribution in [3.63, 3.8) is 0 Å². The summed E-state index contributed by atoms with van der Waals surface area (Å²) in [5.74, 6) is -1.79. The van der Waals surface area contributed by atoms with E-state index in [0.717, 1.165) is 5.56 Å². The van der Waals surface area contributed by atoms with Crippen LogP contribution in [0.2, 0.25) is 0 Å². The van der Waals surface area contributed by atoms with Crippen molar-refractivity contribution in [2.24, 2.45) is 10.6 Å². The molecule has 0 radical (unpaired) electrons. The van der Waals surface area contributed by atoms with Gasteiger partial charge in [0.2, 0.25) is 15.9 Å². The SMILES string of the molecule is NS(=O)(=O)CCCC(=O)N1CC[C@@H](O)[C@](Cc2ccccc2)(C(=O)O)C1. The van der Waals surface area contributed by atoms with Crippen LogP contribution in [0.1, 0.15) is 24.8 Å². The highest BCUT2D eigenvalue weighted by Gasteiger charge is 2.50. The molecule has 0 unspecified atom stereocenters. The Kier molecular flexibility index (Phi) is 6.38. The van der Waals surface area contributed by atoms with Gasteiger partial charge in [0.1, 0.15) is 5.41 Å². The lowest BCUT2D eigenvalue weighted by atomic mass is 9.72. The van der Waals surface area contributed by atoms with E-state index in [0.29, 0.717) is 0 Å². The van der Waals surface area contributed by atoms with Crippen molar-refractivity contribution < 1.29 is 28.2 Å². The first-order valence-electron chi connectivity index (χ1n) is 8.38. The molecule has 1 aromatic carbocycles. The highest BCUT2D eigenvalue weighted by atomic mass is 32.2. The first kappa shape index (κ1) is 20.3. The van der Waals surface area contributed by atoms with Crippen LogP contribution in [0.4, 0.5) is 0 Å². The number of piperidine rings is 1. The van der Waals surface area contributed by atoms with E-state index in [4.69, 9.17) is 5.14 Å². The van der Waals surface area contributed by atoms with Crippen LogP contribution in [0.15, 0.2) is 30.3 Å². The lowest BCUT2D eigenvalue weighted by Gasteiger charge is -2.43. The summed E-state index contributed by atoms with van der Waals surface area (Å²) in [6.07, 6.45) is -0.775. The predicted octanol–water partition coefficient (Wildman–Crippen LogP) is -0.0380. The number of nitrogens with zero attached hydrogens (tertiary/aromatic N) is 1. The van der Waals surface area contributed by atoms with Crippen molar-refractivity contribution in [1.29, 1.82) is 0 Å². The molecule has 2 rings (SSSR count). The summed E-state index contributed by atoms with van der Waals surface area (Å²) in [6, 6.07) is 8.96. The Labute approximate surface area is 152 Å². The van der Waals surface area contributed by atoms with Gasteiger partial charge in [-0.3, -0.25) is 9.59 Å². The average molecular weight is 384 g/mol. The van der Waals surface area contributed by atoms with Crippen LogP contribution in [0, 0.1) is 5.41 Å². The molecule has 1 saturated heterocycles. The van der Waals surface area contributed by atoms with Gasteiger partial charge in [-0.2, -0.15) is 0 Å². The zero-order chi connectivity index (χ0) is 19.4. The molecule has 9 heteroatoms. The number of rotatable bonds is 7. The van der Waals surface area contributed by atoms with Gasteiger partial charge < -0.3 is 15.1 Å². The van der Waals surface area contributed by atoms with Crippen molar-refractivity contribution >= 4 is 21.9 Å². The number of hydrogen-bond acceptors (Lipinski definition) is 5. The van der Waals surface area contributed by atoms with Gasteiger partial charge in [0.25, 0.3) is 0 Å². The van der Waals surface area contributed by atoms with E-state index in [1.165, 1.54) is 4.90 Å². The van der Waals surface area contributed by atoms with Crippen LogP contribution in [-0.4, -0.2) is 60.4 Å². The van der Waals surface area contributed by atoms with E-state index in [-0.39, 0.29) is 50.4 Å². The van der Waals surface area contributed by atoms with Crippen LogP contribution in [0.5, 0.6) is 0 Å². The molecule has 1 heterocycles. The van der Waals surface area contributed by atoms with Crippen LogP contribution in [0.25, 0.3) is 0 Å². The number of sulfonamides is 1. The largest absolute Gasteiger partial charge is 0.481 e. The number of carboxylic acids is 1. The standard InChI is InChI=1S/C17H24N2O6S/c18-26(24,25)10-4-7-15(21)19-9-8-14(20)17(12-19,16(22)23)11-13-5-2-1-3-6-13/h1-3,5-6,14,20H,4,7-12H2,(H,22,23)(H2,18,24,25)/t14-,17-/m1/s1. The molecule has 144 valence electrons. The molecule has 8 nitrogen and oxygen atoms in total. The summed E-state index contributed by atoms with van der Waals surface area (Å²) >= 11 is 0. The zero-order valence-corrected chi connectivity index (χ0v) is 15.2. The van der Waals surface area contributed by atoms with Crippen molar-refractivity contribution in [2.45, 2.75) is 31.8 Å². The molecule has 0 spiro atoms. The van der Waals surface area contributed by atoms with E-state index in [2.05, 4.69) is 0 Å². The van der Waals surface area contributed by atoms with Gasteiger partial charge in [0, 0.05) is 19.5 Å². The summed E-state index contributed by atoms with van der Waals surface area (Å²) in [6.45, 7) is 0.117. The molecule has 0 aliphatic carbocycles. The van der Waals surface area contributed by atoms with E-state index in [1.54, 1.807) is 24.3 Å². The normalized spacial score (nSPS) is 23.6. The van der Waals surface area contributed by atoms with Gasteiger partial charge in [-0.05, 0) is 24.8 Å². The fraction of sp³-hybridized carbons (Fsp3) is 0.529. The topological polar surface area (TPSA) is 138 Å². The molecule has 0 saturated carbocycles. The number of likely N-dealkylation sites (tertiary alicyclic amines) is 1. The molecule has 0 bridgehead atoms. The Morgan fingerprint density at radius 2 is 1.92 bits per heavy atom. The quantitative estimate of drug-likeness (QED) is 0.603. The third kappa shape index (κ3) is 5.03. The molecule has 1 aromatic rings. The lowest BCUT2D eigenvalue weighted by Crippen LogP contribution is -2.58. The van der Waals surface area contributed by atoms with Crippen LogP contribution in [0.3, 0.4) is 0 Å². The molecule has 26 heavy (non-hydrogen) atoms. The van der Waals surface area contributed by atoms with Crippen molar-refractivity contribution in [2.75, 3.05) is 18.8 Å². The number of aliphatic hydroxyl groups excluding tert-OH is 1. The molecule has 1 fully saturated rings. The van der Waals surface area contributed by atoms with Crippen molar-refractivity contribution in [3.05, 3.63) is 35.9 Å². The van der Waals surface area contributed by atoms with Crippen LogP contribution < -0.4 is 5.14 Å². The molecule has 2 atom stereocenters. The fourth-order valence-electron chi connectivity index (χ4n) is 3.29. The number of benzene rings is 1. The Balaban J connectivity index is 2.12. The van der Waals surface area contributed by atoms with E-state index in [9.17, 15) is 28.2 Å². The Bertz CT molecular complexity index is 752.